The molecule has 0 bridgehead atoms. The molecule has 0 saturated heterocycles. The molecule has 12 heavy (non-hydrogen) atoms. The smallest absolute Gasteiger partial charge is 0.240 e. The summed E-state index contributed by atoms with van der Waals surface area (Å²) in [6.45, 7) is 1.76. The van der Waals surface area contributed by atoms with Crippen LogP contribution in [0.1, 0.15) is 5.82 Å². The number of aryl methyl sites for hydroxylation is 1. The molecule has 0 spiro atoms. The number of fused-ring (bicyclic) bond motifs is 1. The Morgan fingerprint density at radius 2 is 2.58 bits per heavy atom. The minimum Gasteiger partial charge on any atom is -0.281 e. The summed E-state index contributed by atoms with van der Waals surface area (Å²) < 4.78 is 1.45. The summed E-state index contributed by atoms with van der Waals surface area (Å²) in [5, 5.41) is 6.74. The molecule has 6 nitrogen and oxygen atoms in total. The molecule has 0 amide bonds. The molecule has 2 aromatic rings. The molecule has 2 heterocycles. The van der Waals surface area contributed by atoms with Crippen molar-refractivity contribution in [2.24, 2.45) is 4.99 Å². The van der Waals surface area contributed by atoms with Crippen LogP contribution in [-0.4, -0.2) is 25.9 Å². The highest BCUT2D eigenvalue weighted by Gasteiger charge is 2.05. The van der Waals surface area contributed by atoms with Crippen molar-refractivity contribution < 1.29 is 4.79 Å². The van der Waals surface area contributed by atoms with Crippen molar-refractivity contribution in [3.63, 3.8) is 0 Å². The molecule has 0 radical (unpaired) electrons. The van der Waals surface area contributed by atoms with Crippen LogP contribution in [0.15, 0.2) is 11.2 Å². The van der Waals surface area contributed by atoms with E-state index in [1.807, 2.05) is 0 Å². The molecule has 2 aromatic heterocycles. The van der Waals surface area contributed by atoms with Crippen LogP contribution < -0.4 is 0 Å². The van der Waals surface area contributed by atoms with Crippen molar-refractivity contribution in [3.8, 4) is 0 Å². The van der Waals surface area contributed by atoms with Gasteiger partial charge >= 0.3 is 0 Å². The van der Waals surface area contributed by atoms with Gasteiger partial charge in [-0.05, 0) is 6.92 Å². The number of aromatic amines is 1. The summed E-state index contributed by atoms with van der Waals surface area (Å²) in [5.41, 5.74) is 0.987. The number of nitrogens with zero attached hydrogens (tertiary/aromatic N) is 4. The van der Waals surface area contributed by atoms with Crippen molar-refractivity contribution in [2.45, 2.75) is 6.92 Å². The van der Waals surface area contributed by atoms with Crippen molar-refractivity contribution in [3.05, 3.63) is 12.0 Å². The summed E-state index contributed by atoms with van der Waals surface area (Å²) in [6.07, 6.45) is 2.99. The van der Waals surface area contributed by atoms with Gasteiger partial charge < -0.3 is 0 Å². The first-order chi connectivity index (χ1) is 5.81. The van der Waals surface area contributed by atoms with E-state index in [-0.39, 0.29) is 0 Å². The van der Waals surface area contributed by atoms with Gasteiger partial charge in [0.15, 0.2) is 0 Å². The Bertz CT molecular complexity index is 461. The molecule has 0 aromatic carbocycles. The van der Waals surface area contributed by atoms with E-state index in [1.165, 1.54) is 10.7 Å². The molecular weight excluding hydrogens is 158 g/mol. The van der Waals surface area contributed by atoms with Crippen LogP contribution in [-0.2, 0) is 4.79 Å². The van der Waals surface area contributed by atoms with Gasteiger partial charge in [-0.2, -0.15) is 9.62 Å². The lowest BCUT2D eigenvalue weighted by Gasteiger charge is -1.75. The van der Waals surface area contributed by atoms with Gasteiger partial charge in [0.1, 0.15) is 11.5 Å². The van der Waals surface area contributed by atoms with E-state index in [9.17, 15) is 4.79 Å². The van der Waals surface area contributed by atoms with Crippen LogP contribution in [0, 0.1) is 6.92 Å². The third-order valence-electron chi connectivity index (χ3n) is 1.43. The maximum Gasteiger partial charge on any atom is 0.240 e. The molecule has 0 aliphatic heterocycles. The largest absolute Gasteiger partial charge is 0.281 e. The Morgan fingerprint density at radius 3 is 3.33 bits per heavy atom. The summed E-state index contributed by atoms with van der Waals surface area (Å²) >= 11 is 0. The molecule has 0 fully saturated rings. The normalized spacial score (nSPS) is 10.1. The van der Waals surface area contributed by atoms with Gasteiger partial charge in [0, 0.05) is 0 Å². The third-order valence-corrected chi connectivity index (χ3v) is 1.43. The monoisotopic (exact) mass is 163 g/mol. The molecule has 0 aliphatic rings. The lowest BCUT2D eigenvalue weighted by atomic mass is 10.5. The zero-order valence-electron chi connectivity index (χ0n) is 6.27. The number of aliphatic imine (C=N–C) groups is 1. The highest BCUT2D eigenvalue weighted by Crippen LogP contribution is 2.16. The van der Waals surface area contributed by atoms with Crippen LogP contribution >= 0.6 is 0 Å². The highest BCUT2D eigenvalue weighted by molar-refractivity contribution is 5.65. The van der Waals surface area contributed by atoms with E-state index in [4.69, 9.17) is 0 Å². The van der Waals surface area contributed by atoms with Crippen LogP contribution in [0.5, 0.6) is 0 Å². The summed E-state index contributed by atoms with van der Waals surface area (Å²) in [5.74, 6) is 0.629. The number of H-pyrrole nitrogens is 1. The predicted octanol–water partition coefficient (Wildman–Crippen LogP) is 0.333. The Balaban J connectivity index is 2.75. The Kier molecular flexibility index (Phi) is 1.28. The molecule has 0 atom stereocenters. The SMILES string of the molecule is Cc1nc2c(N=C=O)c[nH]n2n1. The molecule has 0 saturated carbocycles. The second-order valence-corrected chi connectivity index (χ2v) is 2.26. The predicted molar refractivity (Wildman–Crippen MR) is 39.9 cm³/mol. The fourth-order valence-corrected chi connectivity index (χ4v) is 0.989. The average Bonchev–Trinajstić information content (AvgIpc) is 2.52. The number of nitrogens with one attached hydrogen (secondary N) is 1. The Hall–Kier alpha value is -1.94. The minimum absolute atomic E-state index is 0.450. The average molecular weight is 163 g/mol. The molecule has 1 N–H and O–H groups in total. The summed E-state index contributed by atoms with van der Waals surface area (Å²) in [6, 6.07) is 0. The van der Waals surface area contributed by atoms with E-state index < -0.39 is 0 Å². The van der Waals surface area contributed by atoms with Crippen LogP contribution in [0.2, 0.25) is 0 Å². The highest BCUT2D eigenvalue weighted by atomic mass is 16.1. The van der Waals surface area contributed by atoms with Crippen LogP contribution in [0.25, 0.3) is 5.65 Å². The van der Waals surface area contributed by atoms with Crippen molar-refractivity contribution in [2.75, 3.05) is 0 Å². The number of carbonyl (C=O) groups excluding carboxylic acids is 1. The van der Waals surface area contributed by atoms with Crippen LogP contribution in [0.4, 0.5) is 5.69 Å². The molecule has 60 valence electrons. The number of aromatic nitrogens is 4. The van der Waals surface area contributed by atoms with Gasteiger partial charge in [-0.3, -0.25) is 5.10 Å². The fraction of sp³-hybridized carbons (Fsp3) is 0.167. The van der Waals surface area contributed by atoms with Crippen molar-refractivity contribution in [1.29, 1.82) is 0 Å². The molecule has 2 rings (SSSR count). The van der Waals surface area contributed by atoms with E-state index in [0.29, 0.717) is 17.2 Å². The van der Waals surface area contributed by atoms with E-state index in [2.05, 4.69) is 20.2 Å². The first kappa shape index (κ1) is 6.75. The van der Waals surface area contributed by atoms with Crippen molar-refractivity contribution >= 4 is 17.4 Å². The maximum absolute atomic E-state index is 9.96. The Labute approximate surface area is 66.9 Å². The number of hydrogen-bond donors (Lipinski definition) is 1. The number of hydrogen-bond acceptors (Lipinski definition) is 4. The molecule has 0 aliphatic carbocycles. The molecular formula is C6H5N5O. The van der Waals surface area contributed by atoms with Gasteiger partial charge in [-0.25, -0.2) is 9.78 Å². The standard InChI is InChI=1S/C6H5N5O/c1-4-9-6-5(7-3-12)2-8-11(6)10-4/h2,8H,1H3. The molecule has 0 unspecified atom stereocenters. The van der Waals surface area contributed by atoms with Gasteiger partial charge in [-0.1, -0.05) is 0 Å². The van der Waals surface area contributed by atoms with E-state index in [0.717, 1.165) is 0 Å². The second-order valence-electron chi connectivity index (χ2n) is 2.26. The lowest BCUT2D eigenvalue weighted by Crippen LogP contribution is -1.84. The second kappa shape index (κ2) is 2.28. The quantitative estimate of drug-likeness (QED) is 0.486. The van der Waals surface area contributed by atoms with Gasteiger partial charge in [0.25, 0.3) is 0 Å². The van der Waals surface area contributed by atoms with Crippen molar-refractivity contribution in [1.82, 2.24) is 19.8 Å². The van der Waals surface area contributed by atoms with Gasteiger partial charge in [-0.15, -0.1) is 5.10 Å². The van der Waals surface area contributed by atoms with E-state index in [1.54, 1.807) is 13.1 Å². The van der Waals surface area contributed by atoms with Crippen LogP contribution in [0.3, 0.4) is 0 Å². The van der Waals surface area contributed by atoms with Gasteiger partial charge in [0.2, 0.25) is 11.7 Å². The summed E-state index contributed by atoms with van der Waals surface area (Å²) in [7, 11) is 0. The zero-order valence-corrected chi connectivity index (χ0v) is 6.27. The first-order valence-corrected chi connectivity index (χ1v) is 3.30. The topological polar surface area (TPSA) is 75.4 Å². The Morgan fingerprint density at radius 1 is 1.75 bits per heavy atom. The van der Waals surface area contributed by atoms with Gasteiger partial charge in [0.05, 0.1) is 6.20 Å². The fourth-order valence-electron chi connectivity index (χ4n) is 0.989. The summed E-state index contributed by atoms with van der Waals surface area (Å²) in [4.78, 5) is 17.4. The first-order valence-electron chi connectivity index (χ1n) is 3.30. The minimum atomic E-state index is 0.450. The maximum atomic E-state index is 9.96. The number of rotatable bonds is 1. The molecule has 6 heteroatoms. The van der Waals surface area contributed by atoms with E-state index >= 15 is 0 Å². The zero-order chi connectivity index (χ0) is 8.55. The third kappa shape index (κ3) is 0.826. The number of isocyanates is 1. The lowest BCUT2D eigenvalue weighted by molar-refractivity contribution is 0.565.